The number of aryl methyl sites for hydroxylation is 3. The number of ether oxygens (including phenoxy) is 2. The van der Waals surface area contributed by atoms with Gasteiger partial charge in [-0.2, -0.15) is 0 Å². The lowest BCUT2D eigenvalue weighted by Gasteiger charge is -2.19. The fourth-order valence-electron chi connectivity index (χ4n) is 2.92. The van der Waals surface area contributed by atoms with Crippen LogP contribution in [0, 0.1) is 13.8 Å². The van der Waals surface area contributed by atoms with Gasteiger partial charge in [0.1, 0.15) is 11.5 Å². The molecule has 2 aromatic carbocycles. The smallest absolute Gasteiger partial charge is 0.261 e. The van der Waals surface area contributed by atoms with Crippen LogP contribution in [0.4, 0.5) is 0 Å². The van der Waals surface area contributed by atoms with Crippen LogP contribution in [-0.4, -0.2) is 25.2 Å². The summed E-state index contributed by atoms with van der Waals surface area (Å²) in [5, 5.41) is 3.00. The van der Waals surface area contributed by atoms with E-state index in [0.29, 0.717) is 19.6 Å². The number of hydrogen-bond donors (Lipinski definition) is 1. The van der Waals surface area contributed by atoms with Crippen molar-refractivity contribution in [1.82, 2.24) is 5.32 Å². The number of nitrogens with one attached hydrogen (secondary N) is 1. The molecule has 2 rings (SSSR count). The van der Waals surface area contributed by atoms with E-state index >= 15 is 0 Å². The van der Waals surface area contributed by atoms with E-state index in [2.05, 4.69) is 11.4 Å². The van der Waals surface area contributed by atoms with Gasteiger partial charge >= 0.3 is 0 Å². The van der Waals surface area contributed by atoms with Crippen LogP contribution < -0.4 is 14.8 Å². The third kappa shape index (κ3) is 6.31. The highest BCUT2D eigenvalue weighted by Gasteiger charge is 2.18. The second kappa shape index (κ2) is 10.6. The lowest BCUT2D eigenvalue weighted by molar-refractivity contribution is -0.128. The van der Waals surface area contributed by atoms with Gasteiger partial charge in [0.25, 0.3) is 5.91 Å². The molecule has 27 heavy (non-hydrogen) atoms. The maximum atomic E-state index is 12.5. The van der Waals surface area contributed by atoms with E-state index in [4.69, 9.17) is 9.47 Å². The van der Waals surface area contributed by atoms with Crippen LogP contribution in [0.15, 0.2) is 42.5 Å². The summed E-state index contributed by atoms with van der Waals surface area (Å²) < 4.78 is 11.6. The van der Waals surface area contributed by atoms with Crippen LogP contribution in [0.3, 0.4) is 0 Å². The minimum absolute atomic E-state index is 0.0588. The summed E-state index contributed by atoms with van der Waals surface area (Å²) in [6.45, 7) is 9.24. The van der Waals surface area contributed by atoms with Gasteiger partial charge in [0.15, 0.2) is 6.10 Å². The molecule has 0 saturated heterocycles. The summed E-state index contributed by atoms with van der Waals surface area (Å²) in [5.41, 5.74) is 3.34. The van der Waals surface area contributed by atoms with Gasteiger partial charge < -0.3 is 14.8 Å². The van der Waals surface area contributed by atoms with E-state index in [9.17, 15) is 4.79 Å². The molecule has 0 unspecified atom stereocenters. The number of carbonyl (C=O) groups excluding carboxylic acids is 1. The zero-order valence-corrected chi connectivity index (χ0v) is 16.9. The molecule has 0 aliphatic rings. The quantitative estimate of drug-likeness (QED) is 0.622. The first-order chi connectivity index (χ1) is 13.0. The van der Waals surface area contributed by atoms with Gasteiger partial charge in [-0.3, -0.25) is 4.79 Å². The predicted octanol–water partition coefficient (Wildman–Crippen LogP) is 4.61. The Hall–Kier alpha value is -2.49. The summed E-state index contributed by atoms with van der Waals surface area (Å²) in [6.07, 6.45) is 1.88. The zero-order valence-electron chi connectivity index (χ0n) is 16.9. The Kier molecular flexibility index (Phi) is 8.18. The van der Waals surface area contributed by atoms with Crippen molar-refractivity contribution in [2.75, 3.05) is 13.2 Å². The highest BCUT2D eigenvalue weighted by molar-refractivity contribution is 5.81. The van der Waals surface area contributed by atoms with E-state index in [0.717, 1.165) is 35.5 Å². The van der Waals surface area contributed by atoms with E-state index in [-0.39, 0.29) is 5.91 Å². The van der Waals surface area contributed by atoms with Crippen molar-refractivity contribution in [1.29, 1.82) is 0 Å². The zero-order chi connectivity index (χ0) is 19.6. The van der Waals surface area contributed by atoms with Crippen LogP contribution in [0.1, 0.15) is 43.4 Å². The summed E-state index contributed by atoms with van der Waals surface area (Å²) in [7, 11) is 0. The molecule has 0 saturated carbocycles. The lowest BCUT2D eigenvalue weighted by atomic mass is 10.1. The molecule has 0 aliphatic carbocycles. The largest absolute Gasteiger partial charge is 0.494 e. The molecule has 0 radical (unpaired) electrons. The number of benzene rings is 2. The maximum Gasteiger partial charge on any atom is 0.261 e. The SMILES string of the molecule is CCOc1ccccc1CCCNC(=O)[C@H](CC)Oc1cc(C)ccc1C. The van der Waals surface area contributed by atoms with Gasteiger partial charge in [-0.15, -0.1) is 0 Å². The molecule has 0 aliphatic heterocycles. The molecular weight excluding hydrogens is 338 g/mol. The number of amides is 1. The summed E-state index contributed by atoms with van der Waals surface area (Å²) in [5.74, 6) is 1.65. The third-order valence-electron chi connectivity index (χ3n) is 4.47. The van der Waals surface area contributed by atoms with Crippen molar-refractivity contribution < 1.29 is 14.3 Å². The van der Waals surface area contributed by atoms with E-state index in [1.165, 1.54) is 5.56 Å². The maximum absolute atomic E-state index is 12.5. The second-order valence-electron chi connectivity index (χ2n) is 6.72. The van der Waals surface area contributed by atoms with Gasteiger partial charge in [-0.05, 0) is 68.9 Å². The van der Waals surface area contributed by atoms with Crippen LogP contribution in [-0.2, 0) is 11.2 Å². The van der Waals surface area contributed by atoms with Crippen molar-refractivity contribution in [3.05, 3.63) is 59.2 Å². The summed E-state index contributed by atoms with van der Waals surface area (Å²) in [4.78, 5) is 12.5. The third-order valence-corrected chi connectivity index (χ3v) is 4.47. The fraction of sp³-hybridized carbons (Fsp3) is 0.435. The number of hydrogen-bond acceptors (Lipinski definition) is 3. The second-order valence-corrected chi connectivity index (χ2v) is 6.72. The molecule has 0 heterocycles. The molecule has 0 aromatic heterocycles. The molecule has 0 spiro atoms. The number of carbonyl (C=O) groups is 1. The predicted molar refractivity (Wildman–Crippen MR) is 110 cm³/mol. The van der Waals surface area contributed by atoms with Crippen LogP contribution in [0.2, 0.25) is 0 Å². The van der Waals surface area contributed by atoms with Crippen LogP contribution >= 0.6 is 0 Å². The first-order valence-electron chi connectivity index (χ1n) is 9.77. The molecular formula is C23H31NO3. The molecule has 4 heteroatoms. The van der Waals surface area contributed by atoms with Gasteiger partial charge in [-0.1, -0.05) is 37.3 Å². The van der Waals surface area contributed by atoms with Gasteiger partial charge in [-0.25, -0.2) is 0 Å². The Morgan fingerprint density at radius 1 is 1.07 bits per heavy atom. The minimum Gasteiger partial charge on any atom is -0.494 e. The average molecular weight is 370 g/mol. The Labute approximate surface area is 162 Å². The first kappa shape index (κ1) is 20.8. The molecule has 1 amide bonds. The minimum atomic E-state index is -0.471. The lowest BCUT2D eigenvalue weighted by Crippen LogP contribution is -2.38. The Morgan fingerprint density at radius 2 is 1.85 bits per heavy atom. The molecule has 146 valence electrons. The van der Waals surface area contributed by atoms with E-state index in [1.54, 1.807) is 0 Å². The highest BCUT2D eigenvalue weighted by Crippen LogP contribution is 2.21. The van der Waals surface area contributed by atoms with Gasteiger partial charge in [0.2, 0.25) is 0 Å². The summed E-state index contributed by atoms with van der Waals surface area (Å²) in [6, 6.07) is 14.1. The van der Waals surface area contributed by atoms with Crippen molar-refractivity contribution in [2.24, 2.45) is 0 Å². The Bertz CT molecular complexity index is 742. The van der Waals surface area contributed by atoms with Crippen molar-refractivity contribution in [3.63, 3.8) is 0 Å². The first-order valence-corrected chi connectivity index (χ1v) is 9.77. The van der Waals surface area contributed by atoms with Crippen molar-refractivity contribution >= 4 is 5.91 Å². The van der Waals surface area contributed by atoms with E-state index < -0.39 is 6.10 Å². The van der Waals surface area contributed by atoms with Crippen molar-refractivity contribution in [2.45, 2.75) is 53.1 Å². The average Bonchev–Trinajstić information content (AvgIpc) is 2.67. The standard InChI is InChI=1S/C23H31NO3/c1-5-20(27-22-16-17(3)13-14-18(22)4)23(25)24-15-9-11-19-10-7-8-12-21(19)26-6-2/h7-8,10,12-14,16,20H,5-6,9,11,15H2,1-4H3,(H,24,25)/t20-/m0/s1. The van der Waals surface area contributed by atoms with Crippen molar-refractivity contribution in [3.8, 4) is 11.5 Å². The monoisotopic (exact) mass is 369 g/mol. The number of para-hydroxylation sites is 1. The molecule has 0 fully saturated rings. The Morgan fingerprint density at radius 3 is 2.59 bits per heavy atom. The molecule has 0 bridgehead atoms. The fourth-order valence-corrected chi connectivity index (χ4v) is 2.92. The topological polar surface area (TPSA) is 47.6 Å². The molecule has 4 nitrogen and oxygen atoms in total. The van der Waals surface area contributed by atoms with Gasteiger partial charge in [0.05, 0.1) is 6.61 Å². The normalized spacial score (nSPS) is 11.7. The number of rotatable bonds is 10. The van der Waals surface area contributed by atoms with Crippen LogP contribution in [0.5, 0.6) is 11.5 Å². The van der Waals surface area contributed by atoms with Gasteiger partial charge in [0, 0.05) is 6.54 Å². The summed E-state index contributed by atoms with van der Waals surface area (Å²) >= 11 is 0. The molecule has 1 atom stereocenters. The van der Waals surface area contributed by atoms with E-state index in [1.807, 2.05) is 64.1 Å². The molecule has 1 N–H and O–H groups in total. The highest BCUT2D eigenvalue weighted by atomic mass is 16.5. The Balaban J connectivity index is 1.84. The van der Waals surface area contributed by atoms with Crippen LogP contribution in [0.25, 0.3) is 0 Å². The molecule has 2 aromatic rings.